The first-order valence-corrected chi connectivity index (χ1v) is 12.7. The zero-order valence-electron chi connectivity index (χ0n) is 20.5. The zero-order chi connectivity index (χ0) is 25.7. The molecule has 0 amide bonds. The van der Waals surface area contributed by atoms with Gasteiger partial charge in [0.25, 0.3) is 0 Å². The van der Waals surface area contributed by atoms with Crippen molar-refractivity contribution in [3.05, 3.63) is 47.5 Å². The highest BCUT2D eigenvalue weighted by molar-refractivity contribution is 5.94. The van der Waals surface area contributed by atoms with Crippen molar-refractivity contribution < 1.29 is 28.9 Å². The lowest BCUT2D eigenvalue weighted by molar-refractivity contribution is -0.162. The van der Waals surface area contributed by atoms with Gasteiger partial charge in [-0.15, -0.1) is 0 Å². The predicted octanol–water partition coefficient (Wildman–Crippen LogP) is 4.42. The van der Waals surface area contributed by atoms with Crippen LogP contribution in [-0.4, -0.2) is 61.9 Å². The molecule has 0 bridgehead atoms. The molecule has 4 aromatic rings. The molecule has 0 spiro atoms. The molecule has 2 fully saturated rings. The minimum absolute atomic E-state index is 0.0106. The van der Waals surface area contributed by atoms with E-state index in [9.17, 15) is 19.4 Å². The highest BCUT2D eigenvalue weighted by atomic mass is 19.1. The van der Waals surface area contributed by atoms with Gasteiger partial charge in [-0.2, -0.15) is 5.10 Å². The molecular formula is C27H29FN4O5. The van der Waals surface area contributed by atoms with Crippen LogP contribution in [0.1, 0.15) is 61.6 Å². The van der Waals surface area contributed by atoms with Gasteiger partial charge in [0.1, 0.15) is 0 Å². The number of H-pyrrole nitrogens is 1. The van der Waals surface area contributed by atoms with Gasteiger partial charge in [-0.25, -0.2) is 14.2 Å². The fourth-order valence-corrected chi connectivity index (χ4v) is 6.05. The van der Waals surface area contributed by atoms with Crippen molar-refractivity contribution in [2.75, 3.05) is 20.3 Å². The van der Waals surface area contributed by atoms with Crippen molar-refractivity contribution in [1.82, 2.24) is 19.7 Å². The Bertz CT molecular complexity index is 1480. The summed E-state index contributed by atoms with van der Waals surface area (Å²) in [6.45, 7) is 1.28. The van der Waals surface area contributed by atoms with E-state index < -0.39 is 17.4 Å². The first kappa shape index (κ1) is 23.9. The molecule has 1 saturated heterocycles. The molecule has 2 aliphatic rings. The van der Waals surface area contributed by atoms with Crippen molar-refractivity contribution in [3.8, 4) is 11.4 Å². The maximum atomic E-state index is 14.4. The van der Waals surface area contributed by atoms with Crippen LogP contribution in [0.5, 0.6) is 5.75 Å². The van der Waals surface area contributed by atoms with Gasteiger partial charge in [-0.05, 0) is 62.6 Å². The van der Waals surface area contributed by atoms with Crippen molar-refractivity contribution in [2.45, 2.75) is 56.0 Å². The fraction of sp³-hybridized carbons (Fsp3) is 0.444. The minimum Gasteiger partial charge on any atom is -0.494 e. The number of aliphatic carboxylic acids is 1. The first-order valence-electron chi connectivity index (χ1n) is 12.7. The normalized spacial score (nSPS) is 23.1. The van der Waals surface area contributed by atoms with Crippen LogP contribution in [0.25, 0.3) is 27.8 Å². The second-order valence-corrected chi connectivity index (χ2v) is 10.1. The number of carboxylic acid groups (broad SMARTS) is 1. The van der Waals surface area contributed by atoms with Gasteiger partial charge in [-0.3, -0.25) is 5.10 Å². The quantitative estimate of drug-likeness (QED) is 0.365. The van der Waals surface area contributed by atoms with Crippen LogP contribution in [0.4, 0.5) is 4.39 Å². The molecule has 0 unspecified atom stereocenters. The SMILES string of the molecule is COc1cc(-n2c(C3CCOCC3)c([C@H]3CC[C@](O)(C(=O)O)CC3)c3nc4[nH]ncc4cc32)ccc1F. The van der Waals surface area contributed by atoms with Crippen LogP contribution in [-0.2, 0) is 9.53 Å². The van der Waals surface area contributed by atoms with E-state index in [1.165, 1.54) is 13.2 Å². The second kappa shape index (κ2) is 9.11. The lowest BCUT2D eigenvalue weighted by atomic mass is 9.74. The largest absolute Gasteiger partial charge is 0.494 e. The third kappa shape index (κ3) is 3.95. The summed E-state index contributed by atoms with van der Waals surface area (Å²) in [6, 6.07) is 6.89. The summed E-state index contributed by atoms with van der Waals surface area (Å²) in [4.78, 5) is 16.7. The highest BCUT2D eigenvalue weighted by Gasteiger charge is 2.42. The van der Waals surface area contributed by atoms with Crippen LogP contribution in [0, 0.1) is 5.82 Å². The van der Waals surface area contributed by atoms with Gasteiger partial charge in [0.2, 0.25) is 0 Å². The Morgan fingerprint density at radius 1 is 1.19 bits per heavy atom. The van der Waals surface area contributed by atoms with E-state index in [4.69, 9.17) is 14.5 Å². The van der Waals surface area contributed by atoms with Gasteiger partial charge in [0.15, 0.2) is 22.8 Å². The van der Waals surface area contributed by atoms with Crippen LogP contribution in [0.2, 0.25) is 0 Å². The summed E-state index contributed by atoms with van der Waals surface area (Å²) in [7, 11) is 1.45. The van der Waals surface area contributed by atoms with Crippen molar-refractivity contribution >= 4 is 28.0 Å². The number of aliphatic hydroxyl groups is 1. The Morgan fingerprint density at radius 3 is 2.65 bits per heavy atom. The Labute approximate surface area is 212 Å². The lowest BCUT2D eigenvalue weighted by Gasteiger charge is -2.34. The second-order valence-electron chi connectivity index (χ2n) is 10.1. The molecule has 194 valence electrons. The van der Waals surface area contributed by atoms with Gasteiger partial charge in [0.05, 0.1) is 24.3 Å². The number of methoxy groups -OCH3 is 1. The molecular weight excluding hydrogens is 479 g/mol. The number of hydrogen-bond donors (Lipinski definition) is 3. The zero-order valence-corrected chi connectivity index (χ0v) is 20.5. The van der Waals surface area contributed by atoms with Gasteiger partial charge < -0.3 is 24.3 Å². The standard InChI is InChI=1S/C27H29FN4O5/c1-36-21-13-18(2-3-19(21)28)32-20-12-17-14-29-31-25(17)30-23(20)22(24(32)16-6-10-37-11-7-16)15-4-8-27(35,9-5-15)26(33)34/h2-3,12-16,35H,4-11H2,1H3,(H,33,34)(H,29,30,31)/t15-,27+. The topological polar surface area (TPSA) is 122 Å². The van der Waals surface area contributed by atoms with E-state index in [1.54, 1.807) is 18.3 Å². The smallest absolute Gasteiger partial charge is 0.335 e. The maximum Gasteiger partial charge on any atom is 0.335 e. The van der Waals surface area contributed by atoms with Crippen LogP contribution < -0.4 is 4.74 Å². The maximum absolute atomic E-state index is 14.4. The number of fused-ring (bicyclic) bond motifs is 2. The fourth-order valence-electron chi connectivity index (χ4n) is 6.05. The number of aromatic amines is 1. The Hall–Kier alpha value is -3.50. The van der Waals surface area contributed by atoms with Crippen molar-refractivity contribution in [1.29, 1.82) is 0 Å². The van der Waals surface area contributed by atoms with E-state index in [-0.39, 0.29) is 30.4 Å². The number of nitrogens with one attached hydrogen (secondary N) is 1. The van der Waals surface area contributed by atoms with Crippen LogP contribution in [0.15, 0.2) is 30.5 Å². The average molecular weight is 509 g/mol. The number of carboxylic acids is 1. The first-order chi connectivity index (χ1) is 17.9. The summed E-state index contributed by atoms with van der Waals surface area (Å²) in [6.07, 6.45) is 4.76. The molecule has 37 heavy (non-hydrogen) atoms. The average Bonchev–Trinajstić information content (AvgIpc) is 3.50. The highest BCUT2D eigenvalue weighted by Crippen LogP contribution is 2.47. The van der Waals surface area contributed by atoms with E-state index in [1.807, 2.05) is 6.07 Å². The van der Waals surface area contributed by atoms with E-state index in [0.717, 1.165) is 46.2 Å². The molecule has 3 N–H and O–H groups in total. The van der Waals surface area contributed by atoms with Crippen LogP contribution >= 0.6 is 0 Å². The molecule has 1 aliphatic carbocycles. The number of halogens is 1. The third-order valence-electron chi connectivity index (χ3n) is 8.04. The summed E-state index contributed by atoms with van der Waals surface area (Å²) >= 11 is 0. The molecule has 6 rings (SSSR count). The van der Waals surface area contributed by atoms with Crippen molar-refractivity contribution in [3.63, 3.8) is 0 Å². The number of rotatable bonds is 5. The van der Waals surface area contributed by atoms with Gasteiger partial charge >= 0.3 is 5.97 Å². The third-order valence-corrected chi connectivity index (χ3v) is 8.04. The molecule has 3 aromatic heterocycles. The molecule has 1 aromatic carbocycles. The number of ether oxygens (including phenoxy) is 2. The number of carbonyl (C=O) groups is 1. The number of aromatic nitrogens is 4. The lowest BCUT2D eigenvalue weighted by Crippen LogP contribution is -2.41. The monoisotopic (exact) mass is 508 g/mol. The Morgan fingerprint density at radius 2 is 1.95 bits per heavy atom. The molecule has 0 atom stereocenters. The molecule has 4 heterocycles. The molecule has 9 nitrogen and oxygen atoms in total. The van der Waals surface area contributed by atoms with E-state index >= 15 is 0 Å². The van der Waals surface area contributed by atoms with Crippen LogP contribution in [0.3, 0.4) is 0 Å². The van der Waals surface area contributed by atoms with E-state index in [2.05, 4.69) is 14.8 Å². The Kier molecular flexibility index (Phi) is 5.88. The Balaban J connectivity index is 1.61. The summed E-state index contributed by atoms with van der Waals surface area (Å²) < 4.78 is 27.5. The van der Waals surface area contributed by atoms with Gasteiger partial charge in [-0.1, -0.05) is 0 Å². The summed E-state index contributed by atoms with van der Waals surface area (Å²) in [5.41, 5.74) is 3.56. The number of pyridine rings is 1. The minimum atomic E-state index is -1.71. The molecule has 0 radical (unpaired) electrons. The van der Waals surface area contributed by atoms with Crippen molar-refractivity contribution in [2.24, 2.45) is 0 Å². The van der Waals surface area contributed by atoms with E-state index in [0.29, 0.717) is 31.7 Å². The number of nitrogens with zero attached hydrogens (tertiary/aromatic N) is 3. The summed E-state index contributed by atoms with van der Waals surface area (Å²) in [5.74, 6) is -1.28. The molecule has 10 heteroatoms. The van der Waals surface area contributed by atoms with Gasteiger partial charge in [0, 0.05) is 47.5 Å². The number of hydrogen-bond acceptors (Lipinski definition) is 6. The number of benzene rings is 1. The molecule has 1 aliphatic heterocycles. The predicted molar refractivity (Wildman–Crippen MR) is 134 cm³/mol. The summed E-state index contributed by atoms with van der Waals surface area (Å²) in [5, 5.41) is 28.2. The molecule has 1 saturated carbocycles.